The number of hydrogen-bond donors (Lipinski definition) is 2. The van der Waals surface area contributed by atoms with Gasteiger partial charge in [0.05, 0.1) is 37.1 Å². The molecule has 0 spiro atoms. The number of hydrogen-bond acceptors (Lipinski definition) is 7. The van der Waals surface area contributed by atoms with E-state index >= 15 is 0 Å². The normalized spacial score (nSPS) is 18.4. The van der Waals surface area contributed by atoms with Gasteiger partial charge in [0, 0.05) is 18.3 Å². The lowest BCUT2D eigenvalue weighted by Crippen LogP contribution is -2.22. The number of pyridine rings is 2. The summed E-state index contributed by atoms with van der Waals surface area (Å²) in [6.07, 6.45) is 10.0. The summed E-state index contributed by atoms with van der Waals surface area (Å²) in [5, 5.41) is 6.93. The molecule has 3 aromatic rings. The van der Waals surface area contributed by atoms with Gasteiger partial charge in [0.15, 0.2) is 5.75 Å². The monoisotopic (exact) mass is 392 g/mol. The molecule has 8 heteroatoms. The molecule has 4 rings (SSSR count). The second kappa shape index (κ2) is 8.30. The van der Waals surface area contributed by atoms with E-state index in [0.29, 0.717) is 23.5 Å². The Labute approximate surface area is 169 Å². The minimum atomic E-state index is -0.207. The first-order valence-electron chi connectivity index (χ1n) is 9.66. The summed E-state index contributed by atoms with van der Waals surface area (Å²) >= 11 is 0. The summed E-state index contributed by atoms with van der Waals surface area (Å²) in [6.45, 7) is 1.93. The third kappa shape index (κ3) is 4.37. The Morgan fingerprint density at radius 2 is 1.76 bits per heavy atom. The number of aryl methyl sites for hydroxylation is 1. The smallest absolute Gasteiger partial charge is 0.297 e. The number of rotatable bonds is 6. The quantitative estimate of drug-likeness (QED) is 0.666. The van der Waals surface area contributed by atoms with Crippen LogP contribution < -0.4 is 20.9 Å². The van der Waals surface area contributed by atoms with E-state index in [-0.39, 0.29) is 5.56 Å². The molecule has 0 amide bonds. The topological polar surface area (TPSA) is 94.0 Å². The van der Waals surface area contributed by atoms with E-state index in [9.17, 15) is 4.79 Å². The van der Waals surface area contributed by atoms with E-state index in [1.165, 1.54) is 11.7 Å². The zero-order valence-electron chi connectivity index (χ0n) is 16.5. The van der Waals surface area contributed by atoms with E-state index in [1.54, 1.807) is 36.9 Å². The van der Waals surface area contributed by atoms with Gasteiger partial charge in [-0.3, -0.25) is 14.3 Å². The molecule has 29 heavy (non-hydrogen) atoms. The van der Waals surface area contributed by atoms with E-state index in [2.05, 4.69) is 25.6 Å². The predicted molar refractivity (Wildman–Crippen MR) is 112 cm³/mol. The average Bonchev–Trinajstić information content (AvgIpc) is 3.17. The van der Waals surface area contributed by atoms with Crippen molar-refractivity contribution in [2.45, 2.75) is 38.3 Å². The molecule has 0 aliphatic heterocycles. The van der Waals surface area contributed by atoms with Crippen LogP contribution in [0.25, 0.3) is 5.69 Å². The first-order valence-corrected chi connectivity index (χ1v) is 9.66. The fourth-order valence-corrected chi connectivity index (χ4v) is 3.58. The van der Waals surface area contributed by atoms with Crippen LogP contribution in [0.5, 0.6) is 5.75 Å². The Morgan fingerprint density at radius 1 is 1.00 bits per heavy atom. The van der Waals surface area contributed by atoms with E-state index in [0.717, 1.165) is 36.6 Å². The molecule has 0 unspecified atom stereocenters. The number of nitrogens with one attached hydrogen (secondary N) is 2. The Balaban J connectivity index is 1.37. The van der Waals surface area contributed by atoms with Crippen LogP contribution >= 0.6 is 0 Å². The van der Waals surface area contributed by atoms with Gasteiger partial charge in [-0.25, -0.2) is 9.97 Å². The van der Waals surface area contributed by atoms with Gasteiger partial charge in [0.2, 0.25) is 0 Å². The van der Waals surface area contributed by atoms with Crippen LogP contribution in [0.4, 0.5) is 11.6 Å². The lowest BCUT2D eigenvalue weighted by atomic mass is 10.2. The molecule has 1 fully saturated rings. The largest absolute Gasteiger partial charge is 0.491 e. The van der Waals surface area contributed by atoms with E-state index in [4.69, 9.17) is 4.74 Å². The molecule has 0 bridgehead atoms. The highest BCUT2D eigenvalue weighted by molar-refractivity contribution is 5.43. The van der Waals surface area contributed by atoms with Crippen LogP contribution in [0, 0.1) is 6.92 Å². The number of ether oxygens (including phenoxy) is 1. The van der Waals surface area contributed by atoms with Gasteiger partial charge in [-0.2, -0.15) is 0 Å². The van der Waals surface area contributed by atoms with Gasteiger partial charge in [-0.1, -0.05) is 0 Å². The highest BCUT2D eigenvalue weighted by Gasteiger charge is 2.25. The second-order valence-electron chi connectivity index (χ2n) is 7.19. The van der Waals surface area contributed by atoms with Gasteiger partial charge >= 0.3 is 0 Å². The average molecular weight is 392 g/mol. The minimum Gasteiger partial charge on any atom is -0.491 e. The fourth-order valence-electron chi connectivity index (χ4n) is 3.58. The molecule has 2 atom stereocenters. The molecule has 0 radical (unpaired) electrons. The Kier molecular flexibility index (Phi) is 5.41. The Morgan fingerprint density at radius 3 is 2.41 bits per heavy atom. The zero-order valence-corrected chi connectivity index (χ0v) is 16.5. The highest BCUT2D eigenvalue weighted by Crippen LogP contribution is 2.25. The standard InChI is InChI=1S/C21H24N6O2/c1-14-11-23-20(13-22-14)26-16-6-5-15(10-16)25-19-8-7-17(12-24-19)27-9-3-4-18(29-2)21(27)28/h3-4,7-9,11-13,15-16H,5-6,10H2,1-2H3,(H,23,26)(H,24,25)/t15-,16-/m1/s1. The van der Waals surface area contributed by atoms with Crippen molar-refractivity contribution in [1.82, 2.24) is 19.5 Å². The van der Waals surface area contributed by atoms with Crippen molar-refractivity contribution in [3.8, 4) is 11.4 Å². The van der Waals surface area contributed by atoms with Crippen LogP contribution in [-0.4, -0.2) is 38.7 Å². The van der Waals surface area contributed by atoms with Gasteiger partial charge in [0.25, 0.3) is 5.56 Å². The predicted octanol–water partition coefficient (Wildman–Crippen LogP) is 2.78. The summed E-state index contributed by atoms with van der Waals surface area (Å²) in [7, 11) is 1.49. The molecule has 2 N–H and O–H groups in total. The number of nitrogens with zero attached hydrogens (tertiary/aromatic N) is 4. The maximum Gasteiger partial charge on any atom is 0.297 e. The summed E-state index contributed by atoms with van der Waals surface area (Å²) < 4.78 is 6.62. The van der Waals surface area contributed by atoms with Crippen LogP contribution in [0.1, 0.15) is 25.0 Å². The van der Waals surface area contributed by atoms with Crippen molar-refractivity contribution in [3.63, 3.8) is 0 Å². The Hall–Kier alpha value is -3.42. The molecule has 1 saturated carbocycles. The maximum absolute atomic E-state index is 12.3. The SMILES string of the molecule is COc1cccn(-c2ccc(N[C@@H]3CC[C@@H](Nc4cnc(C)cn4)C3)nc2)c1=O. The lowest BCUT2D eigenvalue weighted by Gasteiger charge is -2.16. The lowest BCUT2D eigenvalue weighted by molar-refractivity contribution is 0.406. The molecular weight excluding hydrogens is 368 g/mol. The first-order chi connectivity index (χ1) is 14.1. The van der Waals surface area contributed by atoms with Gasteiger partial charge in [-0.15, -0.1) is 0 Å². The van der Waals surface area contributed by atoms with Crippen molar-refractivity contribution >= 4 is 11.6 Å². The van der Waals surface area contributed by atoms with Crippen molar-refractivity contribution in [3.05, 3.63) is 65.1 Å². The molecule has 1 aliphatic rings. The molecule has 3 heterocycles. The van der Waals surface area contributed by atoms with E-state index < -0.39 is 0 Å². The molecule has 1 aliphatic carbocycles. The molecular formula is C21H24N6O2. The summed E-state index contributed by atoms with van der Waals surface area (Å²) in [5.41, 5.74) is 1.40. The highest BCUT2D eigenvalue weighted by atomic mass is 16.5. The molecule has 8 nitrogen and oxygen atoms in total. The second-order valence-corrected chi connectivity index (χ2v) is 7.19. The van der Waals surface area contributed by atoms with Gasteiger partial charge in [-0.05, 0) is 50.5 Å². The van der Waals surface area contributed by atoms with Crippen molar-refractivity contribution in [2.24, 2.45) is 0 Å². The summed E-state index contributed by atoms with van der Waals surface area (Å²) in [6, 6.07) is 7.89. The Bertz CT molecular complexity index is 1020. The number of anilines is 2. The van der Waals surface area contributed by atoms with Crippen molar-refractivity contribution in [2.75, 3.05) is 17.7 Å². The maximum atomic E-state index is 12.3. The van der Waals surface area contributed by atoms with Crippen LogP contribution in [-0.2, 0) is 0 Å². The molecule has 0 saturated heterocycles. The minimum absolute atomic E-state index is 0.207. The molecule has 3 aromatic heterocycles. The van der Waals surface area contributed by atoms with Crippen LogP contribution in [0.15, 0.2) is 53.8 Å². The number of methoxy groups -OCH3 is 1. The molecule has 150 valence electrons. The van der Waals surface area contributed by atoms with Crippen molar-refractivity contribution in [1.29, 1.82) is 0 Å². The third-order valence-corrected chi connectivity index (χ3v) is 5.08. The fraction of sp³-hybridized carbons (Fsp3) is 0.333. The summed E-state index contributed by atoms with van der Waals surface area (Å²) in [5.74, 6) is 1.91. The zero-order chi connectivity index (χ0) is 20.2. The summed E-state index contributed by atoms with van der Waals surface area (Å²) in [4.78, 5) is 25.5. The van der Waals surface area contributed by atoms with Gasteiger partial charge < -0.3 is 15.4 Å². The third-order valence-electron chi connectivity index (χ3n) is 5.08. The van der Waals surface area contributed by atoms with Crippen molar-refractivity contribution < 1.29 is 4.74 Å². The van der Waals surface area contributed by atoms with Gasteiger partial charge in [0.1, 0.15) is 11.6 Å². The van der Waals surface area contributed by atoms with E-state index in [1.807, 2.05) is 19.1 Å². The first kappa shape index (κ1) is 18.9. The number of aromatic nitrogens is 4. The van der Waals surface area contributed by atoms with Crippen LogP contribution in [0.2, 0.25) is 0 Å². The molecule has 0 aromatic carbocycles. The van der Waals surface area contributed by atoms with Crippen LogP contribution in [0.3, 0.4) is 0 Å².